The molecule has 3 aromatic rings. The van der Waals surface area contributed by atoms with Crippen molar-refractivity contribution in [2.45, 2.75) is 5.16 Å². The van der Waals surface area contributed by atoms with E-state index in [4.69, 9.17) is 0 Å². The Bertz CT molecular complexity index is 1000. The molecule has 0 aliphatic heterocycles. The maximum atomic E-state index is 11.9. The molecule has 0 spiro atoms. The van der Waals surface area contributed by atoms with E-state index < -0.39 is 10.6 Å². The van der Waals surface area contributed by atoms with E-state index in [0.717, 1.165) is 11.8 Å². The highest BCUT2D eigenvalue weighted by atomic mass is 32.2. The fraction of sp³-hybridized carbons (Fsp3) is 0.0667. The summed E-state index contributed by atoms with van der Waals surface area (Å²) in [5.41, 5.74) is 0.359. The van der Waals surface area contributed by atoms with Gasteiger partial charge in [-0.1, -0.05) is 17.8 Å². The maximum Gasteiger partial charge on any atom is 0.355 e. The van der Waals surface area contributed by atoms with E-state index in [0.29, 0.717) is 11.3 Å². The first-order chi connectivity index (χ1) is 12.0. The third kappa shape index (κ3) is 3.98. The molecule has 0 aliphatic rings. The van der Waals surface area contributed by atoms with Crippen LogP contribution >= 0.6 is 11.8 Å². The van der Waals surface area contributed by atoms with Crippen LogP contribution in [0.5, 0.6) is 0 Å². The summed E-state index contributed by atoms with van der Waals surface area (Å²) in [5, 5.41) is 13.4. The Balaban J connectivity index is 1.64. The Morgan fingerprint density at radius 1 is 1.20 bits per heavy atom. The lowest BCUT2D eigenvalue weighted by atomic mass is 10.3. The van der Waals surface area contributed by atoms with Crippen LogP contribution in [0, 0.1) is 10.1 Å². The van der Waals surface area contributed by atoms with Crippen LogP contribution < -0.4 is 11.0 Å². The van der Waals surface area contributed by atoms with Crippen LogP contribution in [0.2, 0.25) is 0 Å². The topological polar surface area (TPSA) is 120 Å². The van der Waals surface area contributed by atoms with Crippen LogP contribution in [0.4, 0.5) is 11.4 Å². The molecule has 2 aromatic heterocycles. The average molecular weight is 357 g/mol. The van der Waals surface area contributed by atoms with Gasteiger partial charge in [-0.15, -0.1) is 0 Å². The van der Waals surface area contributed by atoms with Crippen molar-refractivity contribution in [1.29, 1.82) is 0 Å². The molecule has 1 aromatic carbocycles. The van der Waals surface area contributed by atoms with Crippen LogP contribution in [-0.4, -0.2) is 31.0 Å². The van der Waals surface area contributed by atoms with Gasteiger partial charge in [0, 0.05) is 24.0 Å². The fourth-order valence-electron chi connectivity index (χ4n) is 2.00. The molecule has 0 saturated heterocycles. The number of hydrogen-bond donors (Lipinski definition) is 1. The van der Waals surface area contributed by atoms with Crippen LogP contribution in [0.1, 0.15) is 0 Å². The van der Waals surface area contributed by atoms with Gasteiger partial charge in [-0.25, -0.2) is 9.78 Å². The summed E-state index contributed by atoms with van der Waals surface area (Å²) >= 11 is 1.03. The maximum absolute atomic E-state index is 11.9. The number of aromatic nitrogens is 3. The van der Waals surface area contributed by atoms with Crippen LogP contribution in [-0.2, 0) is 4.79 Å². The zero-order chi connectivity index (χ0) is 17.8. The quantitative estimate of drug-likeness (QED) is 0.419. The molecule has 0 aliphatic carbocycles. The first-order valence-corrected chi connectivity index (χ1v) is 8.04. The number of nitrogens with zero attached hydrogens (tertiary/aromatic N) is 4. The number of carbonyl (C=O) groups excluding carboxylic acids is 1. The van der Waals surface area contributed by atoms with Crippen LogP contribution in [0.15, 0.2) is 58.6 Å². The number of nitro groups is 1. The number of thioether (sulfide) groups is 1. The molecule has 9 nitrogen and oxygen atoms in total. The summed E-state index contributed by atoms with van der Waals surface area (Å²) in [6, 6.07) is 10.6. The average Bonchev–Trinajstić information content (AvgIpc) is 2.60. The van der Waals surface area contributed by atoms with Gasteiger partial charge in [0.25, 0.3) is 5.69 Å². The van der Waals surface area contributed by atoms with E-state index in [2.05, 4.69) is 15.3 Å². The Kier molecular flexibility index (Phi) is 4.70. The number of hydrogen-bond acceptors (Lipinski definition) is 7. The second-order valence-corrected chi connectivity index (χ2v) is 5.80. The molecule has 2 heterocycles. The highest BCUT2D eigenvalue weighted by Crippen LogP contribution is 2.17. The van der Waals surface area contributed by atoms with Crippen molar-refractivity contribution in [3.05, 3.63) is 69.3 Å². The van der Waals surface area contributed by atoms with Crippen molar-refractivity contribution in [3.8, 4) is 0 Å². The minimum Gasteiger partial charge on any atom is -0.325 e. The van der Waals surface area contributed by atoms with Gasteiger partial charge in [0.05, 0.1) is 10.7 Å². The molecule has 10 heteroatoms. The van der Waals surface area contributed by atoms with Gasteiger partial charge in [0.2, 0.25) is 5.91 Å². The number of amides is 1. The zero-order valence-corrected chi connectivity index (χ0v) is 13.5. The van der Waals surface area contributed by atoms with Gasteiger partial charge < -0.3 is 5.32 Å². The molecule has 0 atom stereocenters. The summed E-state index contributed by atoms with van der Waals surface area (Å²) < 4.78 is 1.31. The summed E-state index contributed by atoms with van der Waals surface area (Å²) in [6.45, 7) is 0. The third-order valence-electron chi connectivity index (χ3n) is 3.14. The normalized spacial score (nSPS) is 10.6. The molecule has 25 heavy (non-hydrogen) atoms. The molecule has 0 saturated carbocycles. The molecule has 0 unspecified atom stereocenters. The summed E-state index contributed by atoms with van der Waals surface area (Å²) in [5.74, 6) is -0.338. The molecule has 0 fully saturated rings. The fourth-order valence-corrected chi connectivity index (χ4v) is 2.64. The van der Waals surface area contributed by atoms with E-state index in [1.54, 1.807) is 24.4 Å². The number of anilines is 1. The van der Waals surface area contributed by atoms with Crippen LogP contribution in [0.25, 0.3) is 5.65 Å². The van der Waals surface area contributed by atoms with Crippen LogP contribution in [0.3, 0.4) is 0 Å². The molecule has 0 bridgehead atoms. The molecular formula is C15H11N5O4S. The number of nitrogens with one attached hydrogen (secondary N) is 1. The second kappa shape index (κ2) is 7.09. The molecule has 0 radical (unpaired) electrons. The first kappa shape index (κ1) is 16.6. The van der Waals surface area contributed by atoms with Crippen molar-refractivity contribution < 1.29 is 9.72 Å². The zero-order valence-electron chi connectivity index (χ0n) is 12.7. The number of fused-ring (bicyclic) bond motifs is 1. The van der Waals surface area contributed by atoms with E-state index in [1.807, 2.05) is 0 Å². The predicted octanol–water partition coefficient (Wildman–Crippen LogP) is 1.73. The molecular weight excluding hydrogens is 346 g/mol. The Labute approximate surface area is 144 Å². The third-order valence-corrected chi connectivity index (χ3v) is 3.99. The summed E-state index contributed by atoms with van der Waals surface area (Å²) in [6.07, 6.45) is 1.56. The number of nitro benzene ring substituents is 1. The van der Waals surface area contributed by atoms with Gasteiger partial charge in [0.15, 0.2) is 5.16 Å². The Morgan fingerprint density at radius 3 is 2.68 bits per heavy atom. The van der Waals surface area contributed by atoms with Crippen molar-refractivity contribution in [3.63, 3.8) is 0 Å². The van der Waals surface area contributed by atoms with E-state index in [-0.39, 0.29) is 22.5 Å². The molecule has 3 rings (SSSR count). The largest absolute Gasteiger partial charge is 0.355 e. The van der Waals surface area contributed by atoms with Crippen molar-refractivity contribution >= 4 is 34.7 Å². The van der Waals surface area contributed by atoms with Gasteiger partial charge in [0.1, 0.15) is 5.65 Å². The minimum atomic E-state index is -0.517. The van der Waals surface area contributed by atoms with Gasteiger partial charge >= 0.3 is 5.69 Å². The van der Waals surface area contributed by atoms with E-state index in [1.165, 1.54) is 28.7 Å². The highest BCUT2D eigenvalue weighted by molar-refractivity contribution is 7.99. The first-order valence-electron chi connectivity index (χ1n) is 7.05. The van der Waals surface area contributed by atoms with Crippen molar-refractivity contribution in [2.75, 3.05) is 11.1 Å². The van der Waals surface area contributed by atoms with E-state index in [9.17, 15) is 19.7 Å². The SMILES string of the molecule is O=C(CSc1nc(=O)n2ccccc2n1)Nc1ccc([N+](=O)[O-])cc1. The number of pyridine rings is 1. The van der Waals surface area contributed by atoms with Gasteiger partial charge in [-0.3, -0.25) is 19.3 Å². The minimum absolute atomic E-state index is 0.000561. The second-order valence-electron chi connectivity index (χ2n) is 4.86. The Hall–Kier alpha value is -3.27. The van der Waals surface area contributed by atoms with Gasteiger partial charge in [-0.2, -0.15) is 4.98 Å². The van der Waals surface area contributed by atoms with Crippen molar-refractivity contribution in [1.82, 2.24) is 14.4 Å². The smallest absolute Gasteiger partial charge is 0.325 e. The highest BCUT2D eigenvalue weighted by Gasteiger charge is 2.09. The Morgan fingerprint density at radius 2 is 1.96 bits per heavy atom. The molecule has 1 amide bonds. The monoisotopic (exact) mass is 357 g/mol. The van der Waals surface area contributed by atoms with Crippen molar-refractivity contribution in [2.24, 2.45) is 0 Å². The molecule has 126 valence electrons. The van der Waals surface area contributed by atoms with Gasteiger partial charge in [-0.05, 0) is 24.3 Å². The lowest BCUT2D eigenvalue weighted by Crippen LogP contribution is -2.20. The molecule has 1 N–H and O–H groups in total. The summed E-state index contributed by atoms with van der Waals surface area (Å²) in [7, 11) is 0. The number of non-ortho nitro benzene ring substituents is 1. The van der Waals surface area contributed by atoms with E-state index >= 15 is 0 Å². The standard InChI is InChI=1S/C15H11N5O4S/c21-13(16-10-4-6-11(7-5-10)20(23)24)9-25-14-17-12-3-1-2-8-19(12)15(22)18-14/h1-8H,9H2,(H,16,21). The number of rotatable bonds is 5. The predicted molar refractivity (Wildman–Crippen MR) is 91.7 cm³/mol. The lowest BCUT2D eigenvalue weighted by molar-refractivity contribution is -0.384. The summed E-state index contributed by atoms with van der Waals surface area (Å²) in [4.78, 5) is 41.9. The number of benzene rings is 1. The number of carbonyl (C=O) groups is 1. The lowest BCUT2D eigenvalue weighted by Gasteiger charge is -2.05.